The Kier molecular flexibility index (Phi) is 9.23. The van der Waals surface area contributed by atoms with Crippen molar-refractivity contribution in [3.05, 3.63) is 0 Å². The third-order valence-electron chi connectivity index (χ3n) is 3.69. The molecule has 6 heteroatoms. The zero-order valence-electron chi connectivity index (χ0n) is 11.7. The van der Waals surface area contributed by atoms with Gasteiger partial charge in [-0.05, 0) is 45.3 Å². The van der Waals surface area contributed by atoms with Crippen LogP contribution >= 0.6 is 35.7 Å². The minimum atomic E-state index is 0. The number of unbranched alkanes of at least 4 members (excludes halogenated alkanes) is 1. The number of nitrogens with zero attached hydrogens (tertiary/aromatic N) is 3. The maximum absolute atomic E-state index is 6.01. The highest BCUT2D eigenvalue weighted by Crippen LogP contribution is 2.09. The van der Waals surface area contributed by atoms with Crippen molar-refractivity contribution in [2.45, 2.75) is 25.7 Å². The average molecular weight is 398 g/mol. The number of rotatable bonds is 5. The van der Waals surface area contributed by atoms with Crippen LogP contribution < -0.4 is 5.73 Å². The highest BCUT2D eigenvalue weighted by Gasteiger charge is 2.12. The van der Waals surface area contributed by atoms with Crippen molar-refractivity contribution in [1.29, 1.82) is 0 Å². The van der Waals surface area contributed by atoms with Crippen molar-refractivity contribution < 1.29 is 0 Å². The molecule has 2 N–H and O–H groups in total. The molecule has 2 heterocycles. The molecule has 19 heavy (non-hydrogen) atoms. The topological polar surface area (TPSA) is 44.9 Å². The van der Waals surface area contributed by atoms with Gasteiger partial charge in [0.25, 0.3) is 0 Å². The Labute approximate surface area is 138 Å². The second-order valence-corrected chi connectivity index (χ2v) is 6.32. The minimum Gasteiger partial charge on any atom is -0.370 e. The van der Waals surface area contributed by atoms with Crippen molar-refractivity contribution in [1.82, 2.24) is 9.80 Å². The Morgan fingerprint density at radius 1 is 1.05 bits per heavy atom. The summed E-state index contributed by atoms with van der Waals surface area (Å²) in [7, 11) is 0. The zero-order valence-corrected chi connectivity index (χ0v) is 14.9. The van der Waals surface area contributed by atoms with Crippen LogP contribution in [0.4, 0.5) is 0 Å². The van der Waals surface area contributed by atoms with Gasteiger partial charge in [-0.2, -0.15) is 11.8 Å². The molecule has 0 saturated carbocycles. The summed E-state index contributed by atoms with van der Waals surface area (Å²) in [6, 6.07) is 0. The molecule has 0 unspecified atom stereocenters. The van der Waals surface area contributed by atoms with Gasteiger partial charge in [0, 0.05) is 31.1 Å². The summed E-state index contributed by atoms with van der Waals surface area (Å²) in [6.07, 6.45) is 5.20. The quantitative estimate of drug-likeness (QED) is 0.332. The van der Waals surface area contributed by atoms with Crippen molar-refractivity contribution in [3.8, 4) is 0 Å². The van der Waals surface area contributed by atoms with E-state index >= 15 is 0 Å². The summed E-state index contributed by atoms with van der Waals surface area (Å²) >= 11 is 2.00. The van der Waals surface area contributed by atoms with Crippen LogP contribution in [-0.4, -0.2) is 66.5 Å². The summed E-state index contributed by atoms with van der Waals surface area (Å²) in [5.41, 5.74) is 6.01. The number of likely N-dealkylation sites (tertiary alicyclic amines) is 1. The maximum atomic E-state index is 6.01. The van der Waals surface area contributed by atoms with Gasteiger partial charge in [0.05, 0.1) is 0 Å². The van der Waals surface area contributed by atoms with E-state index in [2.05, 4.69) is 14.8 Å². The van der Waals surface area contributed by atoms with Gasteiger partial charge in [0.15, 0.2) is 5.96 Å². The lowest BCUT2D eigenvalue weighted by atomic mass is 10.3. The highest BCUT2D eigenvalue weighted by atomic mass is 127. The Balaban J connectivity index is 0.00000180. The van der Waals surface area contributed by atoms with E-state index in [9.17, 15) is 0 Å². The van der Waals surface area contributed by atoms with Crippen LogP contribution in [0.25, 0.3) is 0 Å². The van der Waals surface area contributed by atoms with Gasteiger partial charge < -0.3 is 15.5 Å². The first-order valence-corrected chi connectivity index (χ1v) is 8.37. The molecule has 0 spiro atoms. The molecule has 0 amide bonds. The van der Waals surface area contributed by atoms with E-state index in [1.165, 1.54) is 56.8 Å². The lowest BCUT2D eigenvalue weighted by Gasteiger charge is -2.27. The Bertz CT molecular complexity index is 263. The highest BCUT2D eigenvalue weighted by molar-refractivity contribution is 14.0. The molecule has 112 valence electrons. The standard InChI is InChI=1S/C13H26N4S.HI/c14-13(17-9-11-18-12-10-17)15-5-1-2-6-16-7-3-4-8-16;/h1-12H2,(H2,14,15);1H. The van der Waals surface area contributed by atoms with Crippen LogP contribution in [0.1, 0.15) is 25.7 Å². The normalized spacial score (nSPS) is 21.5. The summed E-state index contributed by atoms with van der Waals surface area (Å²) in [5, 5.41) is 0. The Morgan fingerprint density at radius 3 is 2.42 bits per heavy atom. The van der Waals surface area contributed by atoms with Crippen LogP contribution in [0.2, 0.25) is 0 Å². The molecule has 0 aromatic rings. The van der Waals surface area contributed by atoms with E-state index in [1.807, 2.05) is 11.8 Å². The molecule has 2 saturated heterocycles. The molecule has 0 aromatic heterocycles. The number of thioether (sulfide) groups is 1. The van der Waals surface area contributed by atoms with Gasteiger partial charge in [0.2, 0.25) is 0 Å². The molecule has 2 aliphatic heterocycles. The third-order valence-corrected chi connectivity index (χ3v) is 4.63. The molecule has 2 rings (SSSR count). The molecule has 0 atom stereocenters. The molecule has 2 fully saturated rings. The first-order chi connectivity index (χ1) is 8.86. The number of nitrogens with two attached hydrogens (primary N) is 1. The van der Waals surface area contributed by atoms with E-state index in [-0.39, 0.29) is 24.0 Å². The molecule has 0 aromatic carbocycles. The monoisotopic (exact) mass is 398 g/mol. The van der Waals surface area contributed by atoms with E-state index < -0.39 is 0 Å². The molecular weight excluding hydrogens is 371 g/mol. The first-order valence-electron chi connectivity index (χ1n) is 7.21. The predicted octanol–water partition coefficient (Wildman–Crippen LogP) is 1.84. The fraction of sp³-hybridized carbons (Fsp3) is 0.923. The maximum Gasteiger partial charge on any atom is 0.191 e. The van der Waals surface area contributed by atoms with E-state index in [0.29, 0.717) is 0 Å². The lowest BCUT2D eigenvalue weighted by Crippen LogP contribution is -2.42. The van der Waals surface area contributed by atoms with Crippen LogP contribution in [0.15, 0.2) is 4.99 Å². The number of aliphatic imine (C=N–C) groups is 1. The van der Waals surface area contributed by atoms with E-state index in [0.717, 1.165) is 25.6 Å². The second-order valence-electron chi connectivity index (χ2n) is 5.10. The van der Waals surface area contributed by atoms with E-state index in [1.54, 1.807) is 0 Å². The molecule has 2 aliphatic rings. The molecule has 0 radical (unpaired) electrons. The molecule has 0 aliphatic carbocycles. The Morgan fingerprint density at radius 2 is 1.74 bits per heavy atom. The molecular formula is C13H27IN4S. The summed E-state index contributed by atoms with van der Waals surface area (Å²) in [5.74, 6) is 3.13. The van der Waals surface area contributed by atoms with Gasteiger partial charge in [-0.1, -0.05) is 0 Å². The van der Waals surface area contributed by atoms with Crippen LogP contribution in [0.3, 0.4) is 0 Å². The lowest BCUT2D eigenvalue weighted by molar-refractivity contribution is 0.331. The van der Waals surface area contributed by atoms with Crippen LogP contribution in [-0.2, 0) is 0 Å². The van der Waals surface area contributed by atoms with Crippen molar-refractivity contribution in [2.75, 3.05) is 50.8 Å². The smallest absolute Gasteiger partial charge is 0.191 e. The number of guanidine groups is 1. The molecule has 4 nitrogen and oxygen atoms in total. The zero-order chi connectivity index (χ0) is 12.6. The third kappa shape index (κ3) is 6.53. The minimum absolute atomic E-state index is 0. The van der Waals surface area contributed by atoms with Crippen molar-refractivity contribution in [3.63, 3.8) is 0 Å². The average Bonchev–Trinajstić information content (AvgIpc) is 2.92. The fourth-order valence-electron chi connectivity index (χ4n) is 2.54. The van der Waals surface area contributed by atoms with Gasteiger partial charge in [0.1, 0.15) is 0 Å². The van der Waals surface area contributed by atoms with Crippen molar-refractivity contribution in [2.24, 2.45) is 10.7 Å². The first kappa shape index (κ1) is 17.4. The number of hydrogen-bond donors (Lipinski definition) is 1. The van der Waals surface area contributed by atoms with Crippen molar-refractivity contribution >= 4 is 41.7 Å². The van der Waals surface area contributed by atoms with Gasteiger partial charge in [-0.15, -0.1) is 24.0 Å². The summed E-state index contributed by atoms with van der Waals surface area (Å²) in [4.78, 5) is 9.29. The van der Waals surface area contributed by atoms with Gasteiger partial charge in [-0.3, -0.25) is 4.99 Å². The SMILES string of the molecule is I.NC(=NCCCCN1CCCC1)N1CCSCC1. The largest absolute Gasteiger partial charge is 0.370 e. The predicted molar refractivity (Wildman–Crippen MR) is 95.7 cm³/mol. The van der Waals surface area contributed by atoms with Crippen LogP contribution in [0.5, 0.6) is 0 Å². The van der Waals surface area contributed by atoms with E-state index in [4.69, 9.17) is 5.73 Å². The summed E-state index contributed by atoms with van der Waals surface area (Å²) in [6.45, 7) is 6.87. The second kappa shape index (κ2) is 10.1. The fourth-order valence-corrected chi connectivity index (χ4v) is 3.44. The van der Waals surface area contributed by atoms with Crippen LogP contribution in [0, 0.1) is 0 Å². The Hall–Kier alpha value is 0.310. The summed E-state index contributed by atoms with van der Waals surface area (Å²) < 4.78 is 0. The number of hydrogen-bond acceptors (Lipinski definition) is 3. The molecule has 0 bridgehead atoms. The van der Waals surface area contributed by atoms with Gasteiger partial charge >= 0.3 is 0 Å². The van der Waals surface area contributed by atoms with Gasteiger partial charge in [-0.25, -0.2) is 0 Å². The number of halogens is 1.